The van der Waals surface area contributed by atoms with Gasteiger partial charge in [0.25, 0.3) is 5.91 Å². The summed E-state index contributed by atoms with van der Waals surface area (Å²) < 4.78 is 5.44. The molecular weight excluding hydrogens is 646 g/mol. The summed E-state index contributed by atoms with van der Waals surface area (Å²) in [6.45, 7) is 24.4. The van der Waals surface area contributed by atoms with Gasteiger partial charge in [0, 0.05) is 12.1 Å². The summed E-state index contributed by atoms with van der Waals surface area (Å²) in [5, 5.41) is 9.27. The van der Waals surface area contributed by atoms with Crippen LogP contribution in [0, 0.1) is 16.7 Å². The molecule has 282 valence electrons. The lowest BCUT2D eigenvalue weighted by atomic mass is 9.85. The standard InChI is InChI=1S/C24H37N3O5S.C4H8N2O2.2C4H10/c1-23(2,3)12-18(21(30)32-14-16-9-11-33-15-16)25-22(31)26-19(24(4,5)6)20(29)27-10-7-8-17(27)13-28;1-2(5)3(7)4(6)8;1-4(2)3;1-3-4-2/h9,11,13,15,17-19H,7-8,10,12,14H2,1-6H3,(H2,25,26,31);2H,5H2,1H3,(H2,6,8);4H,1-3H3;3-4H2,1-2H3. The number of primary amides is 1. The predicted molar refractivity (Wildman–Crippen MR) is 197 cm³/mol. The van der Waals surface area contributed by atoms with E-state index in [4.69, 9.17) is 10.5 Å². The quantitative estimate of drug-likeness (QED) is 0.134. The summed E-state index contributed by atoms with van der Waals surface area (Å²) in [4.78, 5) is 72.0. The Hall–Kier alpha value is -3.32. The highest BCUT2D eigenvalue weighted by Gasteiger charge is 2.40. The molecule has 13 heteroatoms. The first-order valence-electron chi connectivity index (χ1n) is 17.1. The highest BCUT2D eigenvalue weighted by molar-refractivity contribution is 7.07. The number of hydrogen-bond donors (Lipinski definition) is 4. The van der Waals surface area contributed by atoms with Gasteiger partial charge in [-0.1, -0.05) is 89.0 Å². The fraction of sp³-hybridized carbons (Fsp3) is 0.722. The molecule has 0 saturated carbocycles. The molecule has 0 radical (unpaired) electrons. The number of nitrogens with zero attached hydrogens (tertiary/aromatic N) is 1. The van der Waals surface area contributed by atoms with E-state index in [9.17, 15) is 28.8 Å². The average Bonchev–Trinajstić information content (AvgIpc) is 3.69. The third-order valence-electron chi connectivity index (χ3n) is 6.65. The Balaban J connectivity index is 0. The van der Waals surface area contributed by atoms with Gasteiger partial charge in [-0.05, 0) is 59.8 Å². The number of ketones is 1. The van der Waals surface area contributed by atoms with Crippen molar-refractivity contribution < 1.29 is 33.5 Å². The van der Waals surface area contributed by atoms with Crippen molar-refractivity contribution in [1.29, 1.82) is 0 Å². The van der Waals surface area contributed by atoms with Crippen molar-refractivity contribution in [2.75, 3.05) is 6.54 Å². The minimum atomic E-state index is -0.972. The van der Waals surface area contributed by atoms with Gasteiger partial charge in [0.05, 0.1) is 12.1 Å². The molecule has 1 aromatic heterocycles. The molecule has 0 aromatic carbocycles. The number of nitrogens with one attached hydrogen (secondary N) is 2. The van der Waals surface area contributed by atoms with Crippen molar-refractivity contribution in [1.82, 2.24) is 15.5 Å². The summed E-state index contributed by atoms with van der Waals surface area (Å²) in [7, 11) is 0. The van der Waals surface area contributed by atoms with Crippen LogP contribution in [0.5, 0.6) is 0 Å². The molecule has 1 aliphatic heterocycles. The van der Waals surface area contributed by atoms with Crippen LogP contribution in [0.3, 0.4) is 0 Å². The first kappa shape index (κ1) is 47.8. The monoisotopic (exact) mass is 711 g/mol. The molecule has 12 nitrogen and oxygen atoms in total. The Morgan fingerprint density at radius 2 is 1.57 bits per heavy atom. The van der Waals surface area contributed by atoms with Crippen molar-refractivity contribution in [2.45, 2.75) is 146 Å². The smallest absolute Gasteiger partial charge is 0.329 e. The molecule has 1 saturated heterocycles. The first-order chi connectivity index (χ1) is 22.5. The van der Waals surface area contributed by atoms with Gasteiger partial charge in [-0.15, -0.1) is 0 Å². The van der Waals surface area contributed by atoms with Crippen LogP contribution >= 0.6 is 11.3 Å². The Bertz CT molecular complexity index is 1140. The number of esters is 1. The second kappa shape index (κ2) is 23.9. The lowest BCUT2D eigenvalue weighted by Crippen LogP contribution is -2.59. The van der Waals surface area contributed by atoms with E-state index < -0.39 is 53.3 Å². The van der Waals surface area contributed by atoms with Crippen molar-refractivity contribution in [3.05, 3.63) is 22.4 Å². The van der Waals surface area contributed by atoms with E-state index in [1.54, 1.807) is 0 Å². The molecule has 1 aromatic rings. The molecule has 4 amide bonds. The second-order valence-corrected chi connectivity index (χ2v) is 15.9. The van der Waals surface area contributed by atoms with Gasteiger partial charge < -0.3 is 36.5 Å². The van der Waals surface area contributed by atoms with E-state index in [0.29, 0.717) is 19.4 Å². The molecule has 0 aliphatic carbocycles. The van der Waals surface area contributed by atoms with Crippen LogP contribution in [0.4, 0.5) is 4.79 Å². The zero-order valence-corrected chi connectivity index (χ0v) is 32.8. The number of likely N-dealkylation sites (tertiary alicyclic amines) is 1. The normalized spacial score (nSPS) is 15.8. The molecule has 0 bridgehead atoms. The van der Waals surface area contributed by atoms with E-state index in [1.165, 1.54) is 36.0 Å². The van der Waals surface area contributed by atoms with Crippen molar-refractivity contribution >= 4 is 47.2 Å². The molecular formula is C36H65N5O7S. The number of carbonyl (C=O) groups excluding carboxylic acids is 6. The Morgan fingerprint density at radius 3 is 1.94 bits per heavy atom. The van der Waals surface area contributed by atoms with Crippen LogP contribution in [0.15, 0.2) is 16.8 Å². The number of rotatable bonds is 11. The van der Waals surface area contributed by atoms with E-state index in [1.807, 2.05) is 58.4 Å². The van der Waals surface area contributed by atoms with Gasteiger partial charge in [-0.25, -0.2) is 9.59 Å². The zero-order chi connectivity index (χ0) is 38.5. The van der Waals surface area contributed by atoms with Crippen molar-refractivity contribution in [3.63, 3.8) is 0 Å². The molecule has 0 spiro atoms. The molecule has 6 N–H and O–H groups in total. The van der Waals surface area contributed by atoms with Gasteiger partial charge in [-0.2, -0.15) is 11.3 Å². The van der Waals surface area contributed by atoms with Gasteiger partial charge in [-0.3, -0.25) is 14.4 Å². The fourth-order valence-corrected chi connectivity index (χ4v) is 4.67. The number of thiophene rings is 1. The van der Waals surface area contributed by atoms with E-state index in [0.717, 1.165) is 24.2 Å². The maximum absolute atomic E-state index is 13.2. The molecule has 1 fully saturated rings. The van der Waals surface area contributed by atoms with Crippen LogP contribution in [0.2, 0.25) is 0 Å². The van der Waals surface area contributed by atoms with Crippen LogP contribution in [-0.2, 0) is 35.3 Å². The highest BCUT2D eigenvalue weighted by atomic mass is 32.1. The first-order valence-corrected chi connectivity index (χ1v) is 18.1. The van der Waals surface area contributed by atoms with Crippen LogP contribution in [-0.4, -0.2) is 71.5 Å². The highest BCUT2D eigenvalue weighted by Crippen LogP contribution is 2.26. The molecule has 2 rings (SSSR count). The number of aldehydes is 1. The number of hydrogen-bond acceptors (Lipinski definition) is 9. The number of ether oxygens (including phenoxy) is 1. The summed E-state index contributed by atoms with van der Waals surface area (Å²) in [6, 6.07) is -1.70. The Kier molecular flexibility index (Phi) is 23.3. The van der Waals surface area contributed by atoms with E-state index in [2.05, 4.69) is 51.0 Å². The SMILES string of the molecule is CC(C)(C)CC(NC(=O)NC(C(=O)N1CCCC1C=O)C(C)(C)C)C(=O)OCc1ccsc1.CC(C)C.CC(N)C(=O)C(N)=O.CCCC. The largest absolute Gasteiger partial charge is 0.459 e. The molecule has 49 heavy (non-hydrogen) atoms. The lowest BCUT2D eigenvalue weighted by molar-refractivity contribution is -0.148. The topological polar surface area (TPSA) is 191 Å². The fourth-order valence-electron chi connectivity index (χ4n) is 4.01. The summed E-state index contributed by atoms with van der Waals surface area (Å²) in [5.74, 6) is -1.69. The van der Waals surface area contributed by atoms with Crippen LogP contribution in [0.25, 0.3) is 0 Å². The maximum Gasteiger partial charge on any atom is 0.329 e. The number of nitrogens with two attached hydrogens (primary N) is 2. The second-order valence-electron chi connectivity index (χ2n) is 15.1. The van der Waals surface area contributed by atoms with Gasteiger partial charge in [0.1, 0.15) is 25.0 Å². The molecule has 1 aliphatic rings. The summed E-state index contributed by atoms with van der Waals surface area (Å²) >= 11 is 1.52. The Morgan fingerprint density at radius 1 is 1.02 bits per heavy atom. The molecule has 4 atom stereocenters. The van der Waals surface area contributed by atoms with Crippen LogP contribution in [0.1, 0.15) is 121 Å². The van der Waals surface area contributed by atoms with Crippen molar-refractivity contribution in [2.24, 2.45) is 28.2 Å². The number of urea groups is 1. The average molecular weight is 712 g/mol. The number of Topliss-reactive ketones (excluding diaryl/α,β-unsaturated/α-hetero) is 1. The zero-order valence-electron chi connectivity index (χ0n) is 32.0. The van der Waals surface area contributed by atoms with Crippen LogP contribution < -0.4 is 22.1 Å². The number of carbonyl (C=O) groups is 6. The third kappa shape index (κ3) is 22.1. The van der Waals surface area contributed by atoms with Gasteiger partial charge >= 0.3 is 12.0 Å². The maximum atomic E-state index is 13.2. The third-order valence-corrected chi connectivity index (χ3v) is 7.38. The van der Waals surface area contributed by atoms with Gasteiger partial charge in [0.15, 0.2) is 0 Å². The summed E-state index contributed by atoms with van der Waals surface area (Å²) in [5.41, 5.74) is 9.61. The minimum absolute atomic E-state index is 0.136. The van der Waals surface area contributed by atoms with E-state index in [-0.39, 0.29) is 17.9 Å². The summed E-state index contributed by atoms with van der Waals surface area (Å²) in [6.07, 6.45) is 5.17. The van der Waals surface area contributed by atoms with E-state index >= 15 is 0 Å². The molecule has 4 unspecified atom stereocenters. The minimum Gasteiger partial charge on any atom is -0.459 e. The number of amides is 4. The molecule has 2 heterocycles. The lowest BCUT2D eigenvalue weighted by Gasteiger charge is -2.35. The predicted octanol–water partition coefficient (Wildman–Crippen LogP) is 5.36. The Labute approximate surface area is 298 Å². The van der Waals surface area contributed by atoms with Gasteiger partial charge in [0.2, 0.25) is 11.7 Å². The number of unbranched alkanes of at least 4 members (excludes halogenated alkanes) is 1. The van der Waals surface area contributed by atoms with Crippen molar-refractivity contribution in [3.8, 4) is 0 Å².